The Morgan fingerprint density at radius 3 is 2.76 bits per heavy atom. The molecular formula is C14H30N2S. The average Bonchev–Trinajstić information content (AvgIpc) is 2.36. The minimum atomic E-state index is 0.710. The SMILES string of the molecule is CSCC(C)N(C)CCC(C)C1CCCNC1. The van der Waals surface area contributed by atoms with Crippen LogP contribution in [0.3, 0.4) is 0 Å². The average molecular weight is 258 g/mol. The summed E-state index contributed by atoms with van der Waals surface area (Å²) >= 11 is 1.95. The van der Waals surface area contributed by atoms with Crippen molar-refractivity contribution in [3.05, 3.63) is 0 Å². The molecule has 0 amide bonds. The Labute approximate surface area is 112 Å². The molecule has 1 aliphatic rings. The molecule has 17 heavy (non-hydrogen) atoms. The van der Waals surface area contributed by atoms with Gasteiger partial charge in [0.2, 0.25) is 0 Å². The molecule has 3 heteroatoms. The fourth-order valence-corrected chi connectivity index (χ4v) is 3.33. The molecule has 1 aliphatic heterocycles. The van der Waals surface area contributed by atoms with Crippen molar-refractivity contribution in [2.24, 2.45) is 11.8 Å². The minimum absolute atomic E-state index is 0.710. The van der Waals surface area contributed by atoms with Crippen LogP contribution in [0.2, 0.25) is 0 Å². The van der Waals surface area contributed by atoms with Gasteiger partial charge in [-0.2, -0.15) is 11.8 Å². The number of thioether (sulfide) groups is 1. The molecule has 0 aliphatic carbocycles. The lowest BCUT2D eigenvalue weighted by molar-refractivity contribution is 0.213. The van der Waals surface area contributed by atoms with E-state index in [-0.39, 0.29) is 0 Å². The van der Waals surface area contributed by atoms with E-state index >= 15 is 0 Å². The van der Waals surface area contributed by atoms with Gasteiger partial charge in [0.1, 0.15) is 0 Å². The highest BCUT2D eigenvalue weighted by atomic mass is 32.2. The van der Waals surface area contributed by atoms with Crippen LogP contribution in [0.1, 0.15) is 33.1 Å². The number of hydrogen-bond donors (Lipinski definition) is 1. The quantitative estimate of drug-likeness (QED) is 0.756. The van der Waals surface area contributed by atoms with E-state index in [2.05, 4.69) is 37.4 Å². The van der Waals surface area contributed by atoms with Gasteiger partial charge >= 0.3 is 0 Å². The zero-order chi connectivity index (χ0) is 12.7. The number of nitrogens with one attached hydrogen (secondary N) is 1. The van der Waals surface area contributed by atoms with Gasteiger partial charge in [0, 0.05) is 11.8 Å². The predicted octanol–water partition coefficient (Wildman–Crippen LogP) is 2.70. The molecule has 0 spiro atoms. The van der Waals surface area contributed by atoms with Crippen molar-refractivity contribution in [1.82, 2.24) is 10.2 Å². The van der Waals surface area contributed by atoms with Crippen molar-refractivity contribution in [2.45, 2.75) is 39.2 Å². The van der Waals surface area contributed by atoms with Gasteiger partial charge in [0.05, 0.1) is 0 Å². The molecule has 1 rings (SSSR count). The zero-order valence-corrected chi connectivity index (χ0v) is 12.9. The van der Waals surface area contributed by atoms with E-state index in [0.29, 0.717) is 6.04 Å². The molecule has 0 bridgehead atoms. The lowest BCUT2D eigenvalue weighted by atomic mass is 9.85. The van der Waals surface area contributed by atoms with Crippen LogP contribution in [-0.2, 0) is 0 Å². The van der Waals surface area contributed by atoms with Gasteiger partial charge < -0.3 is 10.2 Å². The maximum atomic E-state index is 3.53. The number of piperidine rings is 1. The largest absolute Gasteiger partial charge is 0.316 e. The molecule has 1 saturated heterocycles. The van der Waals surface area contributed by atoms with Crippen molar-refractivity contribution < 1.29 is 0 Å². The summed E-state index contributed by atoms with van der Waals surface area (Å²) in [5.74, 6) is 3.02. The van der Waals surface area contributed by atoms with Gasteiger partial charge in [-0.1, -0.05) is 6.92 Å². The lowest BCUT2D eigenvalue weighted by Crippen LogP contribution is -2.36. The number of nitrogens with zero attached hydrogens (tertiary/aromatic N) is 1. The molecule has 3 unspecified atom stereocenters. The van der Waals surface area contributed by atoms with E-state index in [0.717, 1.165) is 11.8 Å². The van der Waals surface area contributed by atoms with Gasteiger partial charge in [-0.15, -0.1) is 0 Å². The summed E-state index contributed by atoms with van der Waals surface area (Å²) in [7, 11) is 2.27. The molecule has 1 heterocycles. The number of hydrogen-bond acceptors (Lipinski definition) is 3. The highest BCUT2D eigenvalue weighted by Gasteiger charge is 2.20. The summed E-state index contributed by atoms with van der Waals surface area (Å²) in [4.78, 5) is 2.52. The van der Waals surface area contributed by atoms with Crippen LogP contribution < -0.4 is 5.32 Å². The van der Waals surface area contributed by atoms with Crippen molar-refractivity contribution >= 4 is 11.8 Å². The van der Waals surface area contributed by atoms with E-state index < -0.39 is 0 Å². The van der Waals surface area contributed by atoms with E-state index in [9.17, 15) is 0 Å². The molecule has 2 nitrogen and oxygen atoms in total. The van der Waals surface area contributed by atoms with Crippen LogP contribution in [0.25, 0.3) is 0 Å². The Bertz CT molecular complexity index is 193. The monoisotopic (exact) mass is 258 g/mol. The van der Waals surface area contributed by atoms with Crippen molar-refractivity contribution in [2.75, 3.05) is 38.7 Å². The highest BCUT2D eigenvalue weighted by molar-refractivity contribution is 7.98. The molecule has 102 valence electrons. The first-order chi connectivity index (χ1) is 8.15. The summed E-state index contributed by atoms with van der Waals surface area (Å²) in [5.41, 5.74) is 0. The fourth-order valence-electron chi connectivity index (χ4n) is 2.60. The Morgan fingerprint density at radius 1 is 1.41 bits per heavy atom. The van der Waals surface area contributed by atoms with Crippen LogP contribution in [0.15, 0.2) is 0 Å². The second-order valence-corrected chi connectivity index (χ2v) is 6.57. The first kappa shape index (κ1) is 15.3. The third-order valence-electron chi connectivity index (χ3n) is 4.24. The Morgan fingerprint density at radius 2 is 2.18 bits per heavy atom. The van der Waals surface area contributed by atoms with Crippen molar-refractivity contribution in [3.63, 3.8) is 0 Å². The zero-order valence-electron chi connectivity index (χ0n) is 12.0. The molecule has 1 N–H and O–H groups in total. The normalized spacial score (nSPS) is 24.9. The Balaban J connectivity index is 2.19. The van der Waals surface area contributed by atoms with E-state index in [1.165, 1.54) is 44.6 Å². The van der Waals surface area contributed by atoms with Gasteiger partial charge in [-0.3, -0.25) is 0 Å². The van der Waals surface area contributed by atoms with Gasteiger partial charge in [0.15, 0.2) is 0 Å². The van der Waals surface area contributed by atoms with Gasteiger partial charge in [-0.25, -0.2) is 0 Å². The highest BCUT2D eigenvalue weighted by Crippen LogP contribution is 2.22. The summed E-state index contributed by atoms with van der Waals surface area (Å²) in [5, 5.41) is 3.53. The third kappa shape index (κ3) is 5.62. The summed E-state index contributed by atoms with van der Waals surface area (Å²) in [6.07, 6.45) is 6.34. The van der Waals surface area contributed by atoms with Gasteiger partial charge in [0.25, 0.3) is 0 Å². The Hall–Kier alpha value is 0.270. The molecule has 0 saturated carbocycles. The second-order valence-electron chi connectivity index (χ2n) is 5.66. The van der Waals surface area contributed by atoms with Gasteiger partial charge in [-0.05, 0) is 71.0 Å². The van der Waals surface area contributed by atoms with E-state index in [4.69, 9.17) is 0 Å². The van der Waals surface area contributed by atoms with Crippen LogP contribution in [0, 0.1) is 11.8 Å². The lowest BCUT2D eigenvalue weighted by Gasteiger charge is -2.31. The van der Waals surface area contributed by atoms with Crippen molar-refractivity contribution in [3.8, 4) is 0 Å². The molecular weight excluding hydrogens is 228 g/mol. The molecule has 1 fully saturated rings. The maximum Gasteiger partial charge on any atom is 0.0154 e. The predicted molar refractivity (Wildman–Crippen MR) is 79.8 cm³/mol. The topological polar surface area (TPSA) is 15.3 Å². The second kappa shape index (κ2) is 8.39. The van der Waals surface area contributed by atoms with Crippen LogP contribution in [-0.4, -0.2) is 49.6 Å². The van der Waals surface area contributed by atoms with Crippen LogP contribution in [0.4, 0.5) is 0 Å². The molecule has 0 radical (unpaired) electrons. The standard InChI is InChI=1S/C14H30N2S/c1-12(14-6-5-8-15-10-14)7-9-16(3)13(2)11-17-4/h12-15H,5-11H2,1-4H3. The van der Waals surface area contributed by atoms with Crippen molar-refractivity contribution in [1.29, 1.82) is 0 Å². The molecule has 0 aromatic rings. The first-order valence-corrected chi connectivity index (χ1v) is 8.44. The molecule has 0 aromatic heterocycles. The van der Waals surface area contributed by atoms with E-state index in [1.807, 2.05) is 11.8 Å². The summed E-state index contributed by atoms with van der Waals surface area (Å²) < 4.78 is 0. The fraction of sp³-hybridized carbons (Fsp3) is 1.00. The van der Waals surface area contributed by atoms with Crippen LogP contribution in [0.5, 0.6) is 0 Å². The maximum absolute atomic E-state index is 3.53. The van der Waals surface area contributed by atoms with Crippen LogP contribution >= 0.6 is 11.8 Å². The number of rotatable bonds is 7. The summed E-state index contributed by atoms with van der Waals surface area (Å²) in [6.45, 7) is 8.49. The molecule has 0 aromatic carbocycles. The smallest absolute Gasteiger partial charge is 0.0154 e. The third-order valence-corrected chi connectivity index (χ3v) is 5.05. The first-order valence-electron chi connectivity index (χ1n) is 7.05. The Kier molecular flexibility index (Phi) is 7.56. The summed E-state index contributed by atoms with van der Waals surface area (Å²) in [6, 6.07) is 0.710. The molecule has 3 atom stereocenters. The van der Waals surface area contributed by atoms with E-state index in [1.54, 1.807) is 0 Å². The minimum Gasteiger partial charge on any atom is -0.316 e.